The number of hydrogen-bond acceptors (Lipinski definition) is 4. The summed E-state index contributed by atoms with van der Waals surface area (Å²) < 4.78 is 26.5. The fourth-order valence-electron chi connectivity index (χ4n) is 1.45. The van der Waals surface area contributed by atoms with Crippen molar-refractivity contribution in [3.05, 3.63) is 22.2 Å². The molecule has 0 saturated carbocycles. The Bertz CT molecular complexity index is 594. The van der Waals surface area contributed by atoms with Crippen LogP contribution in [0.3, 0.4) is 0 Å². The summed E-state index contributed by atoms with van der Waals surface area (Å²) in [4.78, 5) is 12.5. The molecule has 0 bridgehead atoms. The molecule has 0 radical (unpaired) electrons. The quantitative estimate of drug-likeness (QED) is 0.791. The zero-order valence-electron chi connectivity index (χ0n) is 11.0. The van der Waals surface area contributed by atoms with Gasteiger partial charge >= 0.3 is 0 Å². The highest BCUT2D eigenvalue weighted by Crippen LogP contribution is 2.30. The molecule has 0 unspecified atom stereocenters. The number of anilines is 1. The number of halogens is 2. The average Bonchev–Trinajstić information content (AvgIpc) is 2.26. The van der Waals surface area contributed by atoms with Gasteiger partial charge in [0.2, 0.25) is 15.9 Å². The minimum Gasteiger partial charge on any atom is -0.398 e. The van der Waals surface area contributed by atoms with Gasteiger partial charge in [0.1, 0.15) is 4.90 Å². The van der Waals surface area contributed by atoms with Crippen LogP contribution in [0.4, 0.5) is 5.69 Å². The molecular weight excluding hydrogens is 325 g/mol. The molecule has 0 atom stereocenters. The van der Waals surface area contributed by atoms with Gasteiger partial charge in [-0.25, -0.2) is 13.1 Å². The summed E-state index contributed by atoms with van der Waals surface area (Å²) in [7, 11) is -0.720. The fraction of sp³-hybridized carbons (Fsp3) is 0.364. The van der Waals surface area contributed by atoms with Crippen LogP contribution in [0.1, 0.15) is 6.42 Å². The second kappa shape index (κ2) is 6.62. The van der Waals surface area contributed by atoms with Gasteiger partial charge < -0.3 is 10.6 Å². The predicted octanol–water partition coefficient (Wildman–Crippen LogP) is 1.33. The van der Waals surface area contributed by atoms with E-state index in [-0.39, 0.29) is 39.5 Å². The fourth-order valence-corrected chi connectivity index (χ4v) is 3.47. The van der Waals surface area contributed by atoms with E-state index in [1.165, 1.54) is 17.0 Å². The van der Waals surface area contributed by atoms with E-state index >= 15 is 0 Å². The number of carbonyl (C=O) groups excluding carboxylic acids is 1. The zero-order chi connectivity index (χ0) is 15.5. The summed E-state index contributed by atoms with van der Waals surface area (Å²) >= 11 is 11.6. The third-order valence-electron chi connectivity index (χ3n) is 2.44. The molecule has 1 aromatic carbocycles. The van der Waals surface area contributed by atoms with Crippen LogP contribution in [0.25, 0.3) is 0 Å². The second-order valence-electron chi connectivity index (χ2n) is 4.24. The van der Waals surface area contributed by atoms with Crippen molar-refractivity contribution in [3.8, 4) is 0 Å². The van der Waals surface area contributed by atoms with Crippen molar-refractivity contribution in [2.75, 3.05) is 26.4 Å². The number of rotatable bonds is 5. The maximum Gasteiger partial charge on any atom is 0.244 e. The first-order chi connectivity index (χ1) is 9.15. The molecule has 0 aromatic heterocycles. The molecule has 3 N–H and O–H groups in total. The molecule has 0 fully saturated rings. The molecular formula is C11H15Cl2N3O3S. The van der Waals surface area contributed by atoms with E-state index in [2.05, 4.69) is 4.72 Å². The number of carbonyl (C=O) groups is 1. The normalized spacial score (nSPS) is 11.4. The monoisotopic (exact) mass is 339 g/mol. The predicted molar refractivity (Wildman–Crippen MR) is 79.4 cm³/mol. The topological polar surface area (TPSA) is 92.5 Å². The summed E-state index contributed by atoms with van der Waals surface area (Å²) in [6.45, 7) is -0.0439. The van der Waals surface area contributed by atoms with Crippen LogP contribution in [0, 0.1) is 0 Å². The Kier molecular flexibility index (Phi) is 5.64. The summed E-state index contributed by atoms with van der Waals surface area (Å²) in [6.07, 6.45) is 0.0390. The maximum absolute atomic E-state index is 12.1. The van der Waals surface area contributed by atoms with Crippen molar-refractivity contribution in [1.82, 2.24) is 9.62 Å². The van der Waals surface area contributed by atoms with Gasteiger partial charge in [-0.05, 0) is 12.1 Å². The van der Waals surface area contributed by atoms with Crippen LogP contribution in [-0.2, 0) is 14.8 Å². The number of amides is 1. The van der Waals surface area contributed by atoms with Crippen LogP contribution < -0.4 is 10.5 Å². The van der Waals surface area contributed by atoms with Gasteiger partial charge in [0.25, 0.3) is 0 Å². The lowest BCUT2D eigenvalue weighted by Crippen LogP contribution is -2.30. The summed E-state index contributed by atoms with van der Waals surface area (Å²) in [5.74, 6) is -0.192. The number of benzene rings is 1. The second-order valence-corrected chi connectivity index (χ2v) is 6.79. The lowest BCUT2D eigenvalue weighted by molar-refractivity contribution is -0.128. The first kappa shape index (κ1) is 17.0. The van der Waals surface area contributed by atoms with Crippen LogP contribution in [0.2, 0.25) is 10.0 Å². The third kappa shape index (κ3) is 4.24. The number of nitrogen functional groups attached to an aromatic ring is 1. The van der Waals surface area contributed by atoms with Crippen LogP contribution in [0.15, 0.2) is 17.0 Å². The summed E-state index contributed by atoms with van der Waals surface area (Å²) in [5, 5.41) is 0.177. The molecule has 0 heterocycles. The van der Waals surface area contributed by atoms with Crippen molar-refractivity contribution in [3.63, 3.8) is 0 Å². The van der Waals surface area contributed by atoms with E-state index in [0.717, 1.165) is 0 Å². The summed E-state index contributed by atoms with van der Waals surface area (Å²) in [5.41, 5.74) is 5.58. The van der Waals surface area contributed by atoms with E-state index in [0.29, 0.717) is 0 Å². The van der Waals surface area contributed by atoms with Crippen molar-refractivity contribution in [2.45, 2.75) is 11.3 Å². The van der Waals surface area contributed by atoms with Crippen molar-refractivity contribution >= 4 is 44.8 Å². The van der Waals surface area contributed by atoms with E-state index in [1.807, 2.05) is 0 Å². The Morgan fingerprint density at radius 2 is 1.95 bits per heavy atom. The Labute approximate surface area is 127 Å². The third-order valence-corrected chi connectivity index (χ3v) is 4.64. The molecule has 0 saturated heterocycles. The molecule has 6 nitrogen and oxygen atoms in total. The number of nitrogens with two attached hydrogens (primary N) is 1. The molecule has 0 aliphatic rings. The molecule has 112 valence electrons. The average molecular weight is 340 g/mol. The van der Waals surface area contributed by atoms with Crippen molar-refractivity contribution in [2.24, 2.45) is 0 Å². The molecule has 20 heavy (non-hydrogen) atoms. The van der Waals surface area contributed by atoms with Crippen LogP contribution in [-0.4, -0.2) is 39.9 Å². The van der Waals surface area contributed by atoms with Gasteiger partial charge in [0.05, 0.1) is 10.7 Å². The Morgan fingerprint density at radius 3 is 2.45 bits per heavy atom. The molecule has 0 aliphatic heterocycles. The first-order valence-corrected chi connectivity index (χ1v) is 7.83. The van der Waals surface area contributed by atoms with Gasteiger partial charge in [0.15, 0.2) is 0 Å². The van der Waals surface area contributed by atoms with Crippen LogP contribution >= 0.6 is 23.2 Å². The Balaban J connectivity index is 2.88. The zero-order valence-corrected chi connectivity index (χ0v) is 13.3. The van der Waals surface area contributed by atoms with Gasteiger partial charge in [-0.1, -0.05) is 23.2 Å². The van der Waals surface area contributed by atoms with E-state index < -0.39 is 10.0 Å². The molecule has 1 rings (SSSR count). The Morgan fingerprint density at radius 1 is 1.35 bits per heavy atom. The molecule has 0 aliphatic carbocycles. The van der Waals surface area contributed by atoms with Crippen molar-refractivity contribution in [1.29, 1.82) is 0 Å². The largest absolute Gasteiger partial charge is 0.398 e. The molecule has 0 spiro atoms. The standard InChI is InChI=1S/C11H15Cl2N3O3S/c1-16(2)10(17)3-4-15-20(18,19)11-8(13)5-7(12)6-9(11)14/h5-6,15H,3-4,14H2,1-2H3. The van der Waals surface area contributed by atoms with E-state index in [4.69, 9.17) is 28.9 Å². The SMILES string of the molecule is CN(C)C(=O)CCNS(=O)(=O)c1c(N)cc(Cl)cc1Cl. The van der Waals surface area contributed by atoms with Gasteiger partial charge in [-0.3, -0.25) is 4.79 Å². The summed E-state index contributed by atoms with van der Waals surface area (Å²) in [6, 6.07) is 2.59. The van der Waals surface area contributed by atoms with Gasteiger partial charge in [-0.15, -0.1) is 0 Å². The van der Waals surface area contributed by atoms with Crippen molar-refractivity contribution < 1.29 is 13.2 Å². The van der Waals surface area contributed by atoms with Crippen LogP contribution in [0.5, 0.6) is 0 Å². The van der Waals surface area contributed by atoms with E-state index in [1.54, 1.807) is 14.1 Å². The molecule has 1 amide bonds. The van der Waals surface area contributed by atoms with E-state index in [9.17, 15) is 13.2 Å². The lowest BCUT2D eigenvalue weighted by atomic mass is 10.3. The number of hydrogen-bond donors (Lipinski definition) is 2. The number of nitrogens with one attached hydrogen (secondary N) is 1. The smallest absolute Gasteiger partial charge is 0.244 e. The minimum absolute atomic E-state index is 0.0390. The lowest BCUT2D eigenvalue weighted by Gasteiger charge is -2.13. The highest BCUT2D eigenvalue weighted by molar-refractivity contribution is 7.89. The molecule has 9 heteroatoms. The Hall–Kier alpha value is -1.02. The number of nitrogens with zero attached hydrogens (tertiary/aromatic N) is 1. The van der Waals surface area contributed by atoms with Gasteiger partial charge in [-0.2, -0.15) is 0 Å². The highest BCUT2D eigenvalue weighted by Gasteiger charge is 2.22. The minimum atomic E-state index is -3.90. The maximum atomic E-state index is 12.1. The first-order valence-electron chi connectivity index (χ1n) is 5.59. The van der Waals surface area contributed by atoms with Gasteiger partial charge in [0, 0.05) is 32.1 Å². The number of sulfonamides is 1. The molecule has 1 aromatic rings. The highest BCUT2D eigenvalue weighted by atomic mass is 35.5.